The summed E-state index contributed by atoms with van der Waals surface area (Å²) in [6.07, 6.45) is 9.72. The van der Waals surface area contributed by atoms with Crippen molar-refractivity contribution in [1.82, 2.24) is 10.6 Å². The summed E-state index contributed by atoms with van der Waals surface area (Å²) in [6, 6.07) is 18.2. The van der Waals surface area contributed by atoms with E-state index in [-0.39, 0.29) is 17.1 Å². The SMILES string of the molecule is CCCCCCCCOc1cc(O)c(C(=O)c2ccccc2)cc1CN(C)c1ccc(C=C2C(C=O)NC(C=O)NC2C=O)cc1. The molecule has 3 aromatic rings. The third-order valence-electron chi connectivity index (χ3n) is 8.13. The van der Waals surface area contributed by atoms with Gasteiger partial charge in [-0.2, -0.15) is 0 Å². The molecular formula is C37H43N3O6. The van der Waals surface area contributed by atoms with E-state index in [0.29, 0.717) is 48.9 Å². The van der Waals surface area contributed by atoms with Crippen molar-refractivity contribution in [3.63, 3.8) is 0 Å². The summed E-state index contributed by atoms with van der Waals surface area (Å²) in [6.45, 7) is 3.11. The minimum atomic E-state index is -0.790. The number of unbranched alkanes of at least 4 members (excludes halogenated alkanes) is 5. The highest BCUT2D eigenvalue weighted by Gasteiger charge is 2.31. The molecule has 0 radical (unpaired) electrons. The molecule has 4 rings (SSSR count). The number of hydrogen-bond donors (Lipinski definition) is 3. The summed E-state index contributed by atoms with van der Waals surface area (Å²) >= 11 is 0. The molecule has 1 saturated heterocycles. The molecule has 3 N–H and O–H groups in total. The summed E-state index contributed by atoms with van der Waals surface area (Å²) in [5.74, 6) is 0.147. The van der Waals surface area contributed by atoms with Crippen LogP contribution in [0.4, 0.5) is 5.69 Å². The lowest BCUT2D eigenvalue weighted by atomic mass is 9.95. The zero-order valence-electron chi connectivity index (χ0n) is 26.5. The lowest BCUT2D eigenvalue weighted by Crippen LogP contribution is -2.61. The molecule has 1 aliphatic rings. The number of nitrogens with zero attached hydrogens (tertiary/aromatic N) is 1. The predicted octanol–water partition coefficient (Wildman–Crippen LogP) is 5.24. The molecule has 0 amide bonds. The number of ketones is 1. The van der Waals surface area contributed by atoms with Gasteiger partial charge in [0.1, 0.15) is 30.2 Å². The molecule has 3 aromatic carbocycles. The second kappa shape index (κ2) is 17.2. The lowest BCUT2D eigenvalue weighted by molar-refractivity contribution is -0.114. The van der Waals surface area contributed by atoms with E-state index >= 15 is 0 Å². The predicted molar refractivity (Wildman–Crippen MR) is 179 cm³/mol. The molecule has 1 fully saturated rings. The molecule has 242 valence electrons. The number of benzene rings is 3. The normalized spacial score (nSPS) is 17.6. The van der Waals surface area contributed by atoms with E-state index in [4.69, 9.17) is 4.74 Å². The summed E-state index contributed by atoms with van der Waals surface area (Å²) in [5, 5.41) is 16.6. The quantitative estimate of drug-likeness (QED) is 0.105. The number of ether oxygens (including phenoxy) is 1. The number of carbonyl (C=O) groups is 4. The van der Waals surface area contributed by atoms with E-state index in [1.54, 1.807) is 42.5 Å². The first-order chi connectivity index (χ1) is 22.4. The van der Waals surface area contributed by atoms with Gasteiger partial charge in [-0.3, -0.25) is 15.4 Å². The van der Waals surface area contributed by atoms with Crippen molar-refractivity contribution in [3.8, 4) is 11.5 Å². The van der Waals surface area contributed by atoms with Crippen LogP contribution in [0, 0.1) is 0 Å². The van der Waals surface area contributed by atoms with Crippen molar-refractivity contribution >= 4 is 36.4 Å². The van der Waals surface area contributed by atoms with Crippen molar-refractivity contribution in [2.24, 2.45) is 0 Å². The van der Waals surface area contributed by atoms with Crippen molar-refractivity contribution in [2.75, 3.05) is 18.6 Å². The molecule has 9 heteroatoms. The largest absolute Gasteiger partial charge is 0.507 e. The average Bonchev–Trinajstić information content (AvgIpc) is 3.09. The Kier molecular flexibility index (Phi) is 12.8. The lowest BCUT2D eigenvalue weighted by Gasteiger charge is -2.32. The van der Waals surface area contributed by atoms with Gasteiger partial charge in [0.2, 0.25) is 0 Å². The standard InChI is InChI=1S/C37H43N3O6/c1-3-4-5-6-7-11-18-46-35-21-34(44)31(37(45)27-12-9-8-10-13-27)20-28(35)22-40(2)29-16-14-26(15-17-29)19-30-32(23-41)38-36(25-43)39-33(30)24-42/h8-10,12-17,19-21,23-25,32-33,36,38-39,44H,3-7,11,18,22H2,1-2H3. The van der Waals surface area contributed by atoms with Crippen molar-refractivity contribution in [3.05, 3.63) is 94.6 Å². The monoisotopic (exact) mass is 625 g/mol. The number of phenols is 1. The summed E-state index contributed by atoms with van der Waals surface area (Å²) in [4.78, 5) is 50.0. The van der Waals surface area contributed by atoms with Gasteiger partial charge in [-0.05, 0) is 35.8 Å². The minimum absolute atomic E-state index is 0.121. The molecule has 0 bridgehead atoms. The fourth-order valence-electron chi connectivity index (χ4n) is 5.54. The van der Waals surface area contributed by atoms with Gasteiger partial charge in [0.05, 0.1) is 24.3 Å². The Hall–Kier alpha value is -4.60. The molecule has 2 unspecified atom stereocenters. The van der Waals surface area contributed by atoms with E-state index in [1.165, 1.54) is 19.3 Å². The average molecular weight is 626 g/mol. The minimum Gasteiger partial charge on any atom is -0.507 e. The summed E-state index contributed by atoms with van der Waals surface area (Å²) < 4.78 is 6.17. The number of rotatable bonds is 17. The number of carbonyl (C=O) groups excluding carboxylic acids is 4. The molecule has 46 heavy (non-hydrogen) atoms. The molecule has 9 nitrogen and oxygen atoms in total. The fraction of sp³-hybridized carbons (Fsp3) is 0.351. The number of aromatic hydroxyl groups is 1. The van der Waals surface area contributed by atoms with Crippen molar-refractivity contribution in [2.45, 2.75) is 70.2 Å². The van der Waals surface area contributed by atoms with E-state index in [2.05, 4.69) is 17.6 Å². The maximum Gasteiger partial charge on any atom is 0.196 e. The van der Waals surface area contributed by atoms with Crippen LogP contribution >= 0.6 is 0 Å². The van der Waals surface area contributed by atoms with Crippen LogP contribution in [0.1, 0.15) is 72.5 Å². The molecule has 0 spiro atoms. The number of hydrogen-bond acceptors (Lipinski definition) is 9. The second-order valence-corrected chi connectivity index (χ2v) is 11.6. The fourth-order valence-corrected chi connectivity index (χ4v) is 5.54. The van der Waals surface area contributed by atoms with E-state index < -0.39 is 18.2 Å². The smallest absolute Gasteiger partial charge is 0.196 e. The highest BCUT2D eigenvalue weighted by Crippen LogP contribution is 2.32. The molecular weight excluding hydrogens is 582 g/mol. The third kappa shape index (κ3) is 8.99. The molecule has 1 aliphatic heterocycles. The van der Waals surface area contributed by atoms with Crippen LogP contribution < -0.4 is 20.3 Å². The van der Waals surface area contributed by atoms with E-state index in [1.807, 2.05) is 42.3 Å². The van der Waals surface area contributed by atoms with Gasteiger partial charge in [0.25, 0.3) is 0 Å². The first-order valence-electron chi connectivity index (χ1n) is 15.9. The van der Waals surface area contributed by atoms with Crippen molar-refractivity contribution in [1.29, 1.82) is 0 Å². The van der Waals surface area contributed by atoms with Gasteiger partial charge in [-0.15, -0.1) is 0 Å². The molecule has 0 aromatic heterocycles. The van der Waals surface area contributed by atoms with Crippen LogP contribution in [0.25, 0.3) is 6.08 Å². The van der Waals surface area contributed by atoms with Gasteiger partial charge >= 0.3 is 0 Å². The Labute approximate surface area is 270 Å². The first kappa shape index (κ1) is 34.3. The zero-order chi connectivity index (χ0) is 32.9. The Morgan fingerprint density at radius 2 is 1.52 bits per heavy atom. The third-order valence-corrected chi connectivity index (χ3v) is 8.13. The Morgan fingerprint density at radius 3 is 2.15 bits per heavy atom. The van der Waals surface area contributed by atoms with Gasteiger partial charge < -0.3 is 29.1 Å². The molecule has 0 aliphatic carbocycles. The summed E-state index contributed by atoms with van der Waals surface area (Å²) in [5.41, 5.74) is 3.65. The molecule has 0 saturated carbocycles. The molecule has 2 atom stereocenters. The topological polar surface area (TPSA) is 125 Å². The van der Waals surface area contributed by atoms with Crippen LogP contribution in [0.2, 0.25) is 0 Å². The number of anilines is 1. The maximum absolute atomic E-state index is 13.3. The van der Waals surface area contributed by atoms with E-state index in [0.717, 1.165) is 36.1 Å². The van der Waals surface area contributed by atoms with Crippen LogP contribution in [0.5, 0.6) is 11.5 Å². The zero-order valence-corrected chi connectivity index (χ0v) is 26.5. The Morgan fingerprint density at radius 1 is 0.870 bits per heavy atom. The Bertz CT molecular complexity index is 1490. The van der Waals surface area contributed by atoms with Crippen molar-refractivity contribution < 1.29 is 29.0 Å². The number of nitrogens with one attached hydrogen (secondary N) is 2. The number of aldehydes is 3. The van der Waals surface area contributed by atoms with Crippen LogP contribution in [0.15, 0.2) is 72.3 Å². The van der Waals surface area contributed by atoms with Gasteiger partial charge in [0.15, 0.2) is 12.1 Å². The first-order valence-corrected chi connectivity index (χ1v) is 15.9. The van der Waals surface area contributed by atoms with Gasteiger partial charge in [0, 0.05) is 36.5 Å². The van der Waals surface area contributed by atoms with Gasteiger partial charge in [-0.25, -0.2) is 0 Å². The van der Waals surface area contributed by atoms with Crippen LogP contribution in [-0.4, -0.2) is 61.7 Å². The highest BCUT2D eigenvalue weighted by atomic mass is 16.5. The molecule has 1 heterocycles. The number of phenolic OH excluding ortho intramolecular Hbond substituents is 1. The summed E-state index contributed by atoms with van der Waals surface area (Å²) in [7, 11) is 1.93. The van der Waals surface area contributed by atoms with Crippen LogP contribution in [0.3, 0.4) is 0 Å². The Balaban J connectivity index is 1.54. The van der Waals surface area contributed by atoms with Gasteiger partial charge in [-0.1, -0.05) is 87.6 Å². The second-order valence-electron chi connectivity index (χ2n) is 11.6. The maximum atomic E-state index is 13.3. The highest BCUT2D eigenvalue weighted by molar-refractivity contribution is 6.10. The van der Waals surface area contributed by atoms with E-state index in [9.17, 15) is 24.3 Å². The van der Waals surface area contributed by atoms with Crippen LogP contribution in [-0.2, 0) is 20.9 Å².